The van der Waals surface area contributed by atoms with Gasteiger partial charge in [0.15, 0.2) is 0 Å². The van der Waals surface area contributed by atoms with E-state index in [9.17, 15) is 9.18 Å². The summed E-state index contributed by atoms with van der Waals surface area (Å²) in [6.07, 6.45) is 1.71. The van der Waals surface area contributed by atoms with E-state index in [1.807, 2.05) is 23.1 Å². The smallest absolute Gasteiger partial charge is 0.317 e. The minimum Gasteiger partial charge on any atom is -0.338 e. The van der Waals surface area contributed by atoms with Gasteiger partial charge in [-0.3, -0.25) is 0 Å². The number of amides is 2. The number of nitrogens with one attached hydrogen (secondary N) is 1. The van der Waals surface area contributed by atoms with E-state index in [1.165, 1.54) is 17.7 Å². The summed E-state index contributed by atoms with van der Waals surface area (Å²) < 4.78 is 12.8. The number of carbonyl (C=O) groups excluding carboxylic acids is 1. The maximum atomic E-state index is 12.8. The van der Waals surface area contributed by atoms with Crippen LogP contribution in [0.5, 0.6) is 0 Å². The highest BCUT2D eigenvalue weighted by Crippen LogP contribution is 2.32. The van der Waals surface area contributed by atoms with Crippen LogP contribution in [-0.4, -0.2) is 24.0 Å². The number of halogens is 1. The predicted molar refractivity (Wildman–Crippen MR) is 84.0 cm³/mol. The van der Waals surface area contributed by atoms with E-state index >= 15 is 0 Å². The molecule has 3 nitrogen and oxygen atoms in total. The highest BCUT2D eigenvalue weighted by molar-refractivity contribution is 5.75. The third-order valence-corrected chi connectivity index (χ3v) is 4.07. The Hall–Kier alpha value is -2.36. The normalized spacial score (nSPS) is 17.0. The molecule has 1 aliphatic heterocycles. The largest absolute Gasteiger partial charge is 0.338 e. The lowest BCUT2D eigenvalue weighted by Gasteiger charge is -2.41. The van der Waals surface area contributed by atoms with E-state index in [2.05, 4.69) is 17.4 Å². The maximum absolute atomic E-state index is 12.8. The fourth-order valence-electron chi connectivity index (χ4n) is 2.72. The van der Waals surface area contributed by atoms with Crippen LogP contribution in [-0.2, 0) is 6.42 Å². The predicted octanol–water partition coefficient (Wildman–Crippen LogP) is 3.52. The Morgan fingerprint density at radius 1 is 1.14 bits per heavy atom. The van der Waals surface area contributed by atoms with Crippen molar-refractivity contribution < 1.29 is 9.18 Å². The first-order valence-electron chi connectivity index (χ1n) is 7.58. The zero-order valence-electron chi connectivity index (χ0n) is 12.3. The van der Waals surface area contributed by atoms with E-state index < -0.39 is 0 Å². The molecule has 0 aromatic heterocycles. The molecule has 1 saturated heterocycles. The summed E-state index contributed by atoms with van der Waals surface area (Å²) >= 11 is 0. The molecule has 1 aliphatic rings. The first kappa shape index (κ1) is 14.6. The highest BCUT2D eigenvalue weighted by Gasteiger charge is 2.32. The van der Waals surface area contributed by atoms with Crippen LogP contribution < -0.4 is 5.32 Å². The molecule has 1 heterocycles. The molecule has 2 aromatic carbocycles. The summed E-state index contributed by atoms with van der Waals surface area (Å²) in [5.41, 5.74) is 2.20. The van der Waals surface area contributed by atoms with Crippen molar-refractivity contribution in [2.45, 2.75) is 18.9 Å². The molecule has 2 aromatic rings. The molecule has 4 heteroatoms. The van der Waals surface area contributed by atoms with Gasteiger partial charge < -0.3 is 10.2 Å². The molecule has 1 atom stereocenters. The number of nitrogens with zero attached hydrogens (tertiary/aromatic N) is 1. The molecule has 0 spiro atoms. The van der Waals surface area contributed by atoms with Gasteiger partial charge in [-0.1, -0.05) is 42.5 Å². The second-order valence-electron chi connectivity index (χ2n) is 5.52. The van der Waals surface area contributed by atoms with Crippen molar-refractivity contribution in [3.63, 3.8) is 0 Å². The minimum absolute atomic E-state index is 0.0257. The van der Waals surface area contributed by atoms with Gasteiger partial charge in [0.25, 0.3) is 0 Å². The Labute approximate surface area is 129 Å². The molecule has 0 bridgehead atoms. The number of likely N-dealkylation sites (tertiary alicyclic amines) is 1. The first-order valence-corrected chi connectivity index (χ1v) is 7.58. The molecule has 3 rings (SSSR count). The standard InChI is InChI=1S/C18H19FN2O/c19-16-8-6-14(7-9-16)10-12-20-18(22)21-13-11-17(21)15-4-2-1-3-5-15/h1-9,17H,10-13H2,(H,20,22)/t17-/m1/s1. The molecule has 0 aliphatic carbocycles. The van der Waals surface area contributed by atoms with Gasteiger partial charge >= 0.3 is 6.03 Å². The topological polar surface area (TPSA) is 32.3 Å². The summed E-state index contributed by atoms with van der Waals surface area (Å²) in [6, 6.07) is 16.6. The lowest BCUT2D eigenvalue weighted by Crippen LogP contribution is -2.50. The molecule has 0 unspecified atom stereocenters. The molecule has 1 fully saturated rings. The Bertz CT molecular complexity index is 627. The fraction of sp³-hybridized carbons (Fsp3) is 0.278. The molecule has 0 saturated carbocycles. The highest BCUT2D eigenvalue weighted by atomic mass is 19.1. The van der Waals surface area contributed by atoms with Gasteiger partial charge in [-0.2, -0.15) is 0 Å². The molecule has 0 radical (unpaired) electrons. The second kappa shape index (κ2) is 6.60. The van der Waals surface area contributed by atoms with Crippen LogP contribution in [0.3, 0.4) is 0 Å². The van der Waals surface area contributed by atoms with Crippen molar-refractivity contribution in [3.8, 4) is 0 Å². The quantitative estimate of drug-likeness (QED) is 0.920. The van der Waals surface area contributed by atoms with Crippen LogP contribution in [0.25, 0.3) is 0 Å². The fourth-order valence-corrected chi connectivity index (χ4v) is 2.72. The average Bonchev–Trinajstić information content (AvgIpc) is 2.49. The van der Waals surface area contributed by atoms with Crippen LogP contribution in [0.2, 0.25) is 0 Å². The summed E-state index contributed by atoms with van der Waals surface area (Å²) in [5, 5.41) is 2.94. The maximum Gasteiger partial charge on any atom is 0.317 e. The summed E-state index contributed by atoms with van der Waals surface area (Å²) in [5.74, 6) is -0.237. The van der Waals surface area contributed by atoms with Gasteiger partial charge in [-0.05, 0) is 36.1 Å². The molecule has 22 heavy (non-hydrogen) atoms. The van der Waals surface area contributed by atoms with E-state index in [1.54, 1.807) is 12.1 Å². The number of hydrogen-bond acceptors (Lipinski definition) is 1. The van der Waals surface area contributed by atoms with Gasteiger partial charge in [-0.25, -0.2) is 9.18 Å². The van der Waals surface area contributed by atoms with E-state index in [4.69, 9.17) is 0 Å². The lowest BCUT2D eigenvalue weighted by atomic mass is 9.95. The SMILES string of the molecule is O=C(NCCc1ccc(F)cc1)N1CC[C@@H]1c1ccccc1. The van der Waals surface area contributed by atoms with Gasteiger partial charge in [0.1, 0.15) is 5.82 Å². The van der Waals surface area contributed by atoms with Crippen molar-refractivity contribution in [2.24, 2.45) is 0 Å². The van der Waals surface area contributed by atoms with E-state index in [0.717, 1.165) is 18.5 Å². The number of urea groups is 1. The molecule has 1 N–H and O–H groups in total. The third-order valence-electron chi connectivity index (χ3n) is 4.07. The minimum atomic E-state index is -0.237. The van der Waals surface area contributed by atoms with E-state index in [-0.39, 0.29) is 17.9 Å². The van der Waals surface area contributed by atoms with Crippen LogP contribution >= 0.6 is 0 Å². The Balaban J connectivity index is 1.49. The average molecular weight is 298 g/mol. The van der Waals surface area contributed by atoms with Gasteiger partial charge in [0.05, 0.1) is 6.04 Å². The van der Waals surface area contributed by atoms with Gasteiger partial charge in [0.2, 0.25) is 0 Å². The number of carbonyl (C=O) groups is 1. The van der Waals surface area contributed by atoms with Crippen molar-refractivity contribution in [2.75, 3.05) is 13.1 Å². The Kier molecular flexibility index (Phi) is 4.37. The lowest BCUT2D eigenvalue weighted by molar-refractivity contribution is 0.115. The monoisotopic (exact) mass is 298 g/mol. The zero-order chi connectivity index (χ0) is 15.4. The summed E-state index contributed by atoms with van der Waals surface area (Å²) in [6.45, 7) is 1.35. The van der Waals surface area contributed by atoms with Crippen LogP contribution in [0.4, 0.5) is 9.18 Å². The van der Waals surface area contributed by atoms with Crippen molar-refractivity contribution in [1.29, 1.82) is 0 Å². The molecular formula is C18H19FN2O. The summed E-state index contributed by atoms with van der Waals surface area (Å²) in [7, 11) is 0. The second-order valence-corrected chi connectivity index (χ2v) is 5.52. The third kappa shape index (κ3) is 3.27. The van der Waals surface area contributed by atoms with Gasteiger partial charge in [0, 0.05) is 13.1 Å². The van der Waals surface area contributed by atoms with E-state index in [0.29, 0.717) is 13.0 Å². The van der Waals surface area contributed by atoms with Crippen LogP contribution in [0, 0.1) is 5.82 Å². The molecular weight excluding hydrogens is 279 g/mol. The number of rotatable bonds is 4. The Morgan fingerprint density at radius 2 is 1.86 bits per heavy atom. The number of hydrogen-bond donors (Lipinski definition) is 1. The summed E-state index contributed by atoms with van der Waals surface area (Å²) in [4.78, 5) is 14.1. The first-order chi connectivity index (χ1) is 10.7. The molecule has 2 amide bonds. The van der Waals surface area contributed by atoms with Crippen LogP contribution in [0.1, 0.15) is 23.6 Å². The van der Waals surface area contributed by atoms with Gasteiger partial charge in [-0.15, -0.1) is 0 Å². The van der Waals surface area contributed by atoms with Crippen molar-refractivity contribution in [1.82, 2.24) is 10.2 Å². The zero-order valence-corrected chi connectivity index (χ0v) is 12.3. The molecule has 114 valence electrons. The van der Waals surface area contributed by atoms with Crippen LogP contribution in [0.15, 0.2) is 54.6 Å². The van der Waals surface area contributed by atoms with Crippen molar-refractivity contribution in [3.05, 3.63) is 71.5 Å². The number of benzene rings is 2. The van der Waals surface area contributed by atoms with Crippen molar-refractivity contribution >= 4 is 6.03 Å². The Morgan fingerprint density at radius 3 is 2.50 bits per heavy atom.